The molecule has 1 aliphatic heterocycles. The van der Waals surface area contributed by atoms with Gasteiger partial charge in [-0.1, -0.05) is 0 Å². The first-order chi connectivity index (χ1) is 12.8. The highest BCUT2D eigenvalue weighted by Gasteiger charge is 2.32. The summed E-state index contributed by atoms with van der Waals surface area (Å²) < 4.78 is 19.9. The summed E-state index contributed by atoms with van der Waals surface area (Å²) >= 11 is 0. The summed E-state index contributed by atoms with van der Waals surface area (Å²) in [6, 6.07) is 8.15. The Balaban J connectivity index is 1.80. The number of hydrogen-bond donors (Lipinski definition) is 1. The van der Waals surface area contributed by atoms with Gasteiger partial charge in [0.25, 0.3) is 0 Å². The first-order valence-electron chi connectivity index (χ1n) is 8.51. The number of hydrogen-bond acceptors (Lipinski definition) is 5. The third-order valence-corrected chi connectivity index (χ3v) is 4.23. The Kier molecular flexibility index (Phi) is 5.25. The molecule has 27 heavy (non-hydrogen) atoms. The van der Waals surface area contributed by atoms with Crippen molar-refractivity contribution in [3.63, 3.8) is 0 Å². The third-order valence-electron chi connectivity index (χ3n) is 4.23. The molecule has 142 valence electrons. The van der Waals surface area contributed by atoms with Crippen LogP contribution in [0.25, 0.3) is 11.1 Å². The smallest absolute Gasteiger partial charge is 0.414 e. The molecule has 0 bridgehead atoms. The van der Waals surface area contributed by atoms with E-state index >= 15 is 0 Å². The number of rotatable bonds is 5. The Morgan fingerprint density at radius 2 is 2.15 bits per heavy atom. The first-order valence-corrected chi connectivity index (χ1v) is 8.51. The van der Waals surface area contributed by atoms with Crippen LogP contribution in [0.2, 0.25) is 0 Å². The largest absolute Gasteiger partial charge is 0.442 e. The van der Waals surface area contributed by atoms with Crippen molar-refractivity contribution in [1.82, 2.24) is 10.3 Å². The number of carbonyl (C=O) groups excluding carboxylic acids is 2. The lowest BCUT2D eigenvalue weighted by atomic mass is 10.1. The molecule has 0 saturated carbocycles. The monoisotopic (exact) mass is 372 g/mol. The third kappa shape index (κ3) is 4.16. The number of ether oxygens (including phenoxy) is 1. The summed E-state index contributed by atoms with van der Waals surface area (Å²) in [6.07, 6.45) is 0.603. The van der Waals surface area contributed by atoms with Gasteiger partial charge in [0, 0.05) is 32.8 Å². The number of pyridine rings is 1. The molecule has 0 spiro atoms. The van der Waals surface area contributed by atoms with E-state index in [1.807, 2.05) is 19.0 Å². The van der Waals surface area contributed by atoms with Crippen molar-refractivity contribution in [2.75, 3.05) is 37.0 Å². The van der Waals surface area contributed by atoms with Crippen molar-refractivity contribution in [3.8, 4) is 11.1 Å². The van der Waals surface area contributed by atoms with E-state index in [-0.39, 0.29) is 19.0 Å². The fourth-order valence-corrected chi connectivity index (χ4v) is 2.83. The maximum absolute atomic E-state index is 14.7. The minimum atomic E-state index is -0.559. The maximum atomic E-state index is 14.7. The van der Waals surface area contributed by atoms with E-state index in [4.69, 9.17) is 4.74 Å². The molecular formula is C19H21FN4O3. The SMILES string of the molecule is CC(=O)NC[C@H]1CN(c2ccc(-c3ccnc(N(C)C)c3)c(F)c2)C(=O)O1. The highest BCUT2D eigenvalue weighted by molar-refractivity contribution is 5.90. The Labute approximate surface area is 156 Å². The lowest BCUT2D eigenvalue weighted by Gasteiger charge is -2.15. The van der Waals surface area contributed by atoms with Gasteiger partial charge in [-0.2, -0.15) is 0 Å². The zero-order chi connectivity index (χ0) is 19.6. The van der Waals surface area contributed by atoms with Gasteiger partial charge in [0.2, 0.25) is 5.91 Å². The van der Waals surface area contributed by atoms with Crippen molar-refractivity contribution in [2.24, 2.45) is 0 Å². The second-order valence-corrected chi connectivity index (χ2v) is 6.51. The fraction of sp³-hybridized carbons (Fsp3) is 0.316. The number of anilines is 2. The Morgan fingerprint density at radius 3 is 2.81 bits per heavy atom. The predicted octanol–water partition coefficient (Wildman–Crippen LogP) is 2.42. The molecule has 1 saturated heterocycles. The Hall–Kier alpha value is -3.16. The molecule has 7 nitrogen and oxygen atoms in total. The van der Waals surface area contributed by atoms with E-state index in [2.05, 4.69) is 10.3 Å². The van der Waals surface area contributed by atoms with Crippen molar-refractivity contribution in [2.45, 2.75) is 13.0 Å². The van der Waals surface area contributed by atoms with Gasteiger partial charge in [-0.3, -0.25) is 9.69 Å². The van der Waals surface area contributed by atoms with Crippen molar-refractivity contribution >= 4 is 23.5 Å². The number of halogens is 1. The molecule has 1 aliphatic rings. The number of benzene rings is 1. The average molecular weight is 372 g/mol. The molecule has 2 amide bonds. The van der Waals surface area contributed by atoms with E-state index in [0.717, 1.165) is 5.82 Å². The standard InChI is InChI=1S/C19H21FN4O3/c1-12(25)22-10-15-11-24(19(26)27-15)14-4-5-16(17(20)9-14)13-6-7-21-18(8-13)23(2)3/h4-9,15H,10-11H2,1-3H3,(H,22,25)/t15-/m0/s1. The number of aromatic nitrogens is 1. The van der Waals surface area contributed by atoms with Gasteiger partial charge in [0.15, 0.2) is 0 Å². The quantitative estimate of drug-likeness (QED) is 0.872. The highest BCUT2D eigenvalue weighted by atomic mass is 19.1. The molecule has 0 aliphatic carbocycles. The fourth-order valence-electron chi connectivity index (χ4n) is 2.83. The molecule has 0 radical (unpaired) electrons. The predicted molar refractivity (Wildman–Crippen MR) is 100 cm³/mol. The molecular weight excluding hydrogens is 351 g/mol. The van der Waals surface area contributed by atoms with Crippen LogP contribution in [-0.2, 0) is 9.53 Å². The number of nitrogens with zero attached hydrogens (tertiary/aromatic N) is 3. The second-order valence-electron chi connectivity index (χ2n) is 6.51. The van der Waals surface area contributed by atoms with E-state index in [1.165, 1.54) is 17.9 Å². The lowest BCUT2D eigenvalue weighted by Crippen LogP contribution is -2.33. The van der Waals surface area contributed by atoms with Gasteiger partial charge in [0.1, 0.15) is 17.7 Å². The van der Waals surface area contributed by atoms with Crippen LogP contribution in [0.15, 0.2) is 36.5 Å². The molecule has 1 aromatic heterocycles. The van der Waals surface area contributed by atoms with Gasteiger partial charge in [-0.25, -0.2) is 14.2 Å². The minimum absolute atomic E-state index is 0.200. The van der Waals surface area contributed by atoms with Crippen molar-refractivity contribution < 1.29 is 18.7 Å². The van der Waals surface area contributed by atoms with E-state index in [0.29, 0.717) is 16.8 Å². The number of cyclic esters (lactones) is 1. The topological polar surface area (TPSA) is 74.8 Å². The van der Waals surface area contributed by atoms with Crippen molar-refractivity contribution in [1.29, 1.82) is 0 Å². The Morgan fingerprint density at radius 1 is 1.37 bits per heavy atom. The first kappa shape index (κ1) is 18.6. The van der Waals surface area contributed by atoms with Gasteiger partial charge in [0.05, 0.1) is 18.8 Å². The normalized spacial score (nSPS) is 16.2. The maximum Gasteiger partial charge on any atom is 0.414 e. The van der Waals surface area contributed by atoms with E-state index in [9.17, 15) is 14.0 Å². The zero-order valence-electron chi connectivity index (χ0n) is 15.4. The summed E-state index contributed by atoms with van der Waals surface area (Å²) in [5.41, 5.74) is 1.53. The molecule has 2 heterocycles. The number of nitrogens with one attached hydrogen (secondary N) is 1. The second kappa shape index (κ2) is 7.61. The van der Waals surface area contributed by atoms with Gasteiger partial charge >= 0.3 is 6.09 Å². The van der Waals surface area contributed by atoms with Gasteiger partial charge < -0.3 is 15.0 Å². The lowest BCUT2D eigenvalue weighted by molar-refractivity contribution is -0.119. The summed E-state index contributed by atoms with van der Waals surface area (Å²) in [5, 5.41) is 2.61. The highest BCUT2D eigenvalue weighted by Crippen LogP contribution is 2.30. The van der Waals surface area contributed by atoms with Crippen LogP contribution in [-0.4, -0.2) is 50.3 Å². The van der Waals surface area contributed by atoms with Crippen LogP contribution in [0.1, 0.15) is 6.92 Å². The van der Waals surface area contributed by atoms with Crippen LogP contribution in [0.5, 0.6) is 0 Å². The van der Waals surface area contributed by atoms with Crippen LogP contribution >= 0.6 is 0 Å². The molecule has 1 N–H and O–H groups in total. The molecule has 1 aromatic carbocycles. The Bertz CT molecular complexity index is 872. The molecule has 3 rings (SSSR count). The molecule has 8 heteroatoms. The molecule has 2 aromatic rings. The molecule has 1 atom stereocenters. The summed E-state index contributed by atoms with van der Waals surface area (Å²) in [6.45, 7) is 1.86. The zero-order valence-corrected chi connectivity index (χ0v) is 15.4. The average Bonchev–Trinajstić information content (AvgIpc) is 3.00. The molecule has 1 fully saturated rings. The summed E-state index contributed by atoms with van der Waals surface area (Å²) in [4.78, 5) is 30.5. The van der Waals surface area contributed by atoms with Crippen LogP contribution in [0.4, 0.5) is 20.7 Å². The van der Waals surface area contributed by atoms with Gasteiger partial charge in [-0.05, 0) is 35.9 Å². The number of amides is 2. The minimum Gasteiger partial charge on any atom is -0.442 e. The molecule has 0 unspecified atom stereocenters. The van der Waals surface area contributed by atoms with Gasteiger partial charge in [-0.15, -0.1) is 0 Å². The number of carbonyl (C=O) groups is 2. The van der Waals surface area contributed by atoms with Crippen LogP contribution in [0, 0.1) is 5.82 Å². The van der Waals surface area contributed by atoms with Crippen LogP contribution in [0.3, 0.4) is 0 Å². The van der Waals surface area contributed by atoms with E-state index < -0.39 is 18.0 Å². The van der Waals surface area contributed by atoms with E-state index in [1.54, 1.807) is 30.5 Å². The van der Waals surface area contributed by atoms with Crippen LogP contribution < -0.4 is 15.1 Å². The van der Waals surface area contributed by atoms with Crippen molar-refractivity contribution in [3.05, 3.63) is 42.3 Å². The summed E-state index contributed by atoms with van der Waals surface area (Å²) in [5.74, 6) is 0.0794. The summed E-state index contributed by atoms with van der Waals surface area (Å²) in [7, 11) is 3.73.